The minimum absolute atomic E-state index is 0.193. The molecule has 3 rings (SSSR count). The Kier molecular flexibility index (Phi) is 2.81. The molecule has 1 aliphatic heterocycles. The molecule has 2 heterocycles. The first-order chi connectivity index (χ1) is 9.19. The van der Waals surface area contributed by atoms with Gasteiger partial charge in [-0.1, -0.05) is 26.8 Å². The summed E-state index contributed by atoms with van der Waals surface area (Å²) in [5.41, 5.74) is 6.18. The minimum Gasteiger partial charge on any atom is -0.346 e. The van der Waals surface area contributed by atoms with E-state index in [1.165, 1.54) is 27.7 Å². The number of aromatic nitrogens is 1. The minimum atomic E-state index is 0.193. The Bertz CT molecular complexity index is 669. The highest BCUT2D eigenvalue weighted by molar-refractivity contribution is 5.87. The van der Waals surface area contributed by atoms with Crippen LogP contribution in [0, 0.1) is 0 Å². The predicted molar refractivity (Wildman–Crippen MR) is 86.2 cm³/mol. The molecule has 1 aliphatic rings. The topological polar surface area (TPSA) is 17.0 Å². The second kappa shape index (κ2) is 4.11. The van der Waals surface area contributed by atoms with Crippen LogP contribution in [-0.4, -0.2) is 10.1 Å². The van der Waals surface area contributed by atoms with Crippen molar-refractivity contribution in [3.63, 3.8) is 0 Å². The Hall–Kier alpha value is -1.28. The second-order valence-electron chi connectivity index (χ2n) is 7.88. The first-order valence-electron chi connectivity index (χ1n) is 7.55. The molecule has 0 unspecified atom stereocenters. The van der Waals surface area contributed by atoms with E-state index in [0.29, 0.717) is 0 Å². The summed E-state index contributed by atoms with van der Waals surface area (Å²) in [4.78, 5) is 0. The van der Waals surface area contributed by atoms with E-state index in [4.69, 9.17) is 0 Å². The third-order valence-corrected chi connectivity index (χ3v) is 4.66. The number of hydrogen-bond donors (Lipinski definition) is 1. The maximum absolute atomic E-state index is 3.64. The standard InChI is InChI=1S/C18H26N2/c1-17(2,3)12-7-8-15-13(9-12)14-10-18(4,5)19-11-16(14)20(15)6/h7-9,19H,10-11H2,1-6H3. The average molecular weight is 270 g/mol. The van der Waals surface area contributed by atoms with Crippen molar-refractivity contribution in [3.8, 4) is 0 Å². The lowest BCUT2D eigenvalue weighted by Crippen LogP contribution is -2.44. The molecular formula is C18H26N2. The Labute approximate surface area is 122 Å². The molecule has 0 aliphatic carbocycles. The summed E-state index contributed by atoms with van der Waals surface area (Å²) < 4.78 is 2.36. The lowest BCUT2D eigenvalue weighted by Gasteiger charge is -2.32. The van der Waals surface area contributed by atoms with Gasteiger partial charge < -0.3 is 9.88 Å². The molecule has 1 aromatic heterocycles. The van der Waals surface area contributed by atoms with Crippen molar-refractivity contribution in [2.24, 2.45) is 7.05 Å². The van der Waals surface area contributed by atoms with Gasteiger partial charge in [-0.25, -0.2) is 0 Å². The van der Waals surface area contributed by atoms with E-state index >= 15 is 0 Å². The van der Waals surface area contributed by atoms with Gasteiger partial charge >= 0.3 is 0 Å². The molecule has 2 aromatic rings. The number of fused-ring (bicyclic) bond motifs is 3. The Morgan fingerprint density at radius 2 is 1.90 bits per heavy atom. The molecule has 0 amide bonds. The van der Waals surface area contributed by atoms with Crippen molar-refractivity contribution in [1.29, 1.82) is 0 Å². The van der Waals surface area contributed by atoms with E-state index in [1.54, 1.807) is 0 Å². The fraction of sp³-hybridized carbons (Fsp3) is 0.556. The maximum atomic E-state index is 3.64. The van der Waals surface area contributed by atoms with Crippen molar-refractivity contribution in [2.45, 2.75) is 58.5 Å². The van der Waals surface area contributed by atoms with E-state index in [-0.39, 0.29) is 11.0 Å². The van der Waals surface area contributed by atoms with Crippen molar-refractivity contribution in [1.82, 2.24) is 9.88 Å². The van der Waals surface area contributed by atoms with Gasteiger partial charge in [0.2, 0.25) is 0 Å². The number of nitrogens with zero attached hydrogens (tertiary/aromatic N) is 1. The molecule has 1 aromatic carbocycles. The van der Waals surface area contributed by atoms with Crippen LogP contribution < -0.4 is 5.32 Å². The first kappa shape index (κ1) is 13.7. The van der Waals surface area contributed by atoms with Gasteiger partial charge in [0.15, 0.2) is 0 Å². The third-order valence-electron chi connectivity index (χ3n) is 4.66. The van der Waals surface area contributed by atoms with Gasteiger partial charge in [0.25, 0.3) is 0 Å². The van der Waals surface area contributed by atoms with Gasteiger partial charge in [-0.2, -0.15) is 0 Å². The summed E-state index contributed by atoms with van der Waals surface area (Å²) in [6, 6.07) is 6.99. The molecule has 0 saturated carbocycles. The van der Waals surface area contributed by atoms with Crippen molar-refractivity contribution in [3.05, 3.63) is 35.0 Å². The molecule has 0 fully saturated rings. The fourth-order valence-corrected chi connectivity index (χ4v) is 3.29. The zero-order valence-electron chi connectivity index (χ0n) is 13.6. The summed E-state index contributed by atoms with van der Waals surface area (Å²) >= 11 is 0. The summed E-state index contributed by atoms with van der Waals surface area (Å²) in [7, 11) is 2.19. The maximum Gasteiger partial charge on any atom is 0.0483 e. The zero-order valence-corrected chi connectivity index (χ0v) is 13.6. The van der Waals surface area contributed by atoms with Crippen LogP contribution in [0.3, 0.4) is 0 Å². The molecule has 0 spiro atoms. The lowest BCUT2D eigenvalue weighted by molar-refractivity contribution is 0.357. The van der Waals surface area contributed by atoms with E-state index in [9.17, 15) is 0 Å². The molecule has 0 radical (unpaired) electrons. The van der Waals surface area contributed by atoms with E-state index in [0.717, 1.165) is 13.0 Å². The van der Waals surface area contributed by atoms with Crippen molar-refractivity contribution in [2.75, 3.05) is 0 Å². The quantitative estimate of drug-likeness (QED) is 0.768. The monoisotopic (exact) mass is 270 g/mol. The Morgan fingerprint density at radius 1 is 1.20 bits per heavy atom. The smallest absolute Gasteiger partial charge is 0.0483 e. The van der Waals surface area contributed by atoms with E-state index in [2.05, 4.69) is 69.7 Å². The van der Waals surface area contributed by atoms with Gasteiger partial charge in [-0.3, -0.25) is 0 Å². The molecule has 0 bridgehead atoms. The van der Waals surface area contributed by atoms with Gasteiger partial charge in [-0.05, 0) is 48.9 Å². The number of nitrogens with one attached hydrogen (secondary N) is 1. The molecule has 20 heavy (non-hydrogen) atoms. The lowest BCUT2D eigenvalue weighted by atomic mass is 9.84. The van der Waals surface area contributed by atoms with Crippen LogP contribution in [0.5, 0.6) is 0 Å². The van der Waals surface area contributed by atoms with Crippen LogP contribution in [0.25, 0.3) is 10.9 Å². The molecule has 0 atom stereocenters. The van der Waals surface area contributed by atoms with Gasteiger partial charge in [0, 0.05) is 35.7 Å². The average Bonchev–Trinajstić information content (AvgIpc) is 2.60. The molecule has 2 nitrogen and oxygen atoms in total. The van der Waals surface area contributed by atoms with Crippen molar-refractivity contribution >= 4 is 10.9 Å². The van der Waals surface area contributed by atoms with E-state index in [1.807, 2.05) is 0 Å². The largest absolute Gasteiger partial charge is 0.346 e. The van der Waals surface area contributed by atoms with Gasteiger partial charge in [0.05, 0.1) is 0 Å². The molecule has 0 saturated heterocycles. The number of aryl methyl sites for hydroxylation is 1. The molecule has 1 N–H and O–H groups in total. The summed E-state index contributed by atoms with van der Waals surface area (Å²) in [5, 5.41) is 5.09. The van der Waals surface area contributed by atoms with Crippen LogP contribution in [0.1, 0.15) is 51.4 Å². The molecular weight excluding hydrogens is 244 g/mol. The van der Waals surface area contributed by atoms with Crippen molar-refractivity contribution < 1.29 is 0 Å². The highest BCUT2D eigenvalue weighted by atomic mass is 15.0. The Morgan fingerprint density at radius 3 is 2.55 bits per heavy atom. The summed E-state index contributed by atoms with van der Waals surface area (Å²) in [5.74, 6) is 0. The fourth-order valence-electron chi connectivity index (χ4n) is 3.29. The van der Waals surface area contributed by atoms with Crippen LogP contribution in [-0.2, 0) is 25.4 Å². The number of rotatable bonds is 0. The van der Waals surface area contributed by atoms with Gasteiger partial charge in [-0.15, -0.1) is 0 Å². The summed E-state index contributed by atoms with van der Waals surface area (Å²) in [6.45, 7) is 12.4. The number of hydrogen-bond acceptors (Lipinski definition) is 1. The highest BCUT2D eigenvalue weighted by Gasteiger charge is 2.29. The van der Waals surface area contributed by atoms with Crippen LogP contribution in [0.4, 0.5) is 0 Å². The van der Waals surface area contributed by atoms with E-state index < -0.39 is 0 Å². The van der Waals surface area contributed by atoms with Gasteiger partial charge in [0.1, 0.15) is 0 Å². The normalized spacial score (nSPS) is 18.3. The third kappa shape index (κ3) is 2.07. The summed E-state index contributed by atoms with van der Waals surface area (Å²) in [6.07, 6.45) is 1.10. The molecule has 108 valence electrons. The first-order valence-corrected chi connectivity index (χ1v) is 7.55. The van der Waals surface area contributed by atoms with Crippen LogP contribution in [0.15, 0.2) is 18.2 Å². The SMILES string of the molecule is Cn1c2c(c3cc(C(C)(C)C)ccc31)CC(C)(C)NC2. The van der Waals surface area contributed by atoms with Crippen LogP contribution in [0.2, 0.25) is 0 Å². The predicted octanol–water partition coefficient (Wildman–Crippen LogP) is 3.90. The van der Waals surface area contributed by atoms with Crippen LogP contribution >= 0.6 is 0 Å². The Balaban J connectivity index is 2.25. The molecule has 2 heteroatoms. The zero-order chi connectivity index (χ0) is 14.7. The highest BCUT2D eigenvalue weighted by Crippen LogP contribution is 2.34. The number of benzene rings is 1. The second-order valence-corrected chi connectivity index (χ2v) is 7.88.